The van der Waals surface area contributed by atoms with Crippen molar-refractivity contribution in [1.29, 1.82) is 0 Å². The zero-order valence-electron chi connectivity index (χ0n) is 11.3. The molecular weight excluding hydrogens is 283 g/mol. The lowest BCUT2D eigenvalue weighted by Gasteiger charge is -2.08. The van der Waals surface area contributed by atoms with Crippen LogP contribution in [0.5, 0.6) is 0 Å². The molecule has 0 heterocycles. The number of ether oxygens (including phenoxy) is 1. The molecule has 0 amide bonds. The molecule has 0 fully saturated rings. The number of nitrogens with zero attached hydrogens (tertiary/aromatic N) is 1. The number of hydrogen-bond acceptors (Lipinski definition) is 4. The fourth-order valence-corrected chi connectivity index (χ4v) is 1.74. The van der Waals surface area contributed by atoms with Crippen molar-refractivity contribution in [2.24, 2.45) is 10.7 Å². The second kappa shape index (κ2) is 7.65. The molecule has 0 saturated carbocycles. The molecule has 1 aromatic rings. The van der Waals surface area contributed by atoms with E-state index in [1.165, 1.54) is 25.4 Å². The molecule has 0 unspecified atom stereocenters. The predicted octanol–water partition coefficient (Wildman–Crippen LogP) is 2.85. The quantitative estimate of drug-likeness (QED) is 0.671. The molecule has 0 aromatic heterocycles. The van der Waals surface area contributed by atoms with E-state index in [9.17, 15) is 9.18 Å². The number of methoxy groups -OCH3 is 1. The van der Waals surface area contributed by atoms with Crippen LogP contribution in [-0.4, -0.2) is 25.3 Å². The zero-order valence-corrected chi connectivity index (χ0v) is 12.1. The van der Waals surface area contributed by atoms with Gasteiger partial charge in [0.05, 0.1) is 23.4 Å². The summed E-state index contributed by atoms with van der Waals surface area (Å²) in [5.74, 6) is -1.21. The Morgan fingerprint density at radius 3 is 2.65 bits per heavy atom. The van der Waals surface area contributed by atoms with Gasteiger partial charge in [-0.1, -0.05) is 18.5 Å². The summed E-state index contributed by atoms with van der Waals surface area (Å²) in [7, 11) is 1.23. The Morgan fingerprint density at radius 2 is 2.10 bits per heavy atom. The van der Waals surface area contributed by atoms with Crippen molar-refractivity contribution >= 4 is 23.3 Å². The van der Waals surface area contributed by atoms with Crippen molar-refractivity contribution in [3.8, 4) is 0 Å². The minimum absolute atomic E-state index is 0.0909. The van der Waals surface area contributed by atoms with Crippen molar-refractivity contribution in [3.63, 3.8) is 0 Å². The van der Waals surface area contributed by atoms with Crippen LogP contribution in [0.25, 0.3) is 0 Å². The number of hydrogen-bond donors (Lipinski definition) is 1. The molecule has 0 aliphatic heterocycles. The number of esters is 1. The monoisotopic (exact) mass is 298 g/mol. The number of rotatable bonds is 5. The van der Waals surface area contributed by atoms with Crippen molar-refractivity contribution in [1.82, 2.24) is 0 Å². The summed E-state index contributed by atoms with van der Waals surface area (Å²) in [6, 6.07) is 3.80. The zero-order chi connectivity index (χ0) is 15.1. The van der Waals surface area contributed by atoms with E-state index < -0.39 is 11.8 Å². The Bertz CT molecular complexity index is 556. The minimum atomic E-state index is -0.631. The molecule has 108 valence electrons. The summed E-state index contributed by atoms with van der Waals surface area (Å²) in [5.41, 5.74) is 6.20. The molecule has 0 aliphatic carbocycles. The summed E-state index contributed by atoms with van der Waals surface area (Å²) in [4.78, 5) is 15.8. The van der Waals surface area contributed by atoms with E-state index >= 15 is 0 Å². The second-order valence-corrected chi connectivity index (χ2v) is 4.37. The number of halogens is 2. The molecule has 2 N–H and O–H groups in total. The van der Waals surface area contributed by atoms with Gasteiger partial charge in [-0.2, -0.15) is 0 Å². The molecule has 0 radical (unpaired) electrons. The summed E-state index contributed by atoms with van der Waals surface area (Å²) in [6.45, 7) is 2.47. The Labute approximate surface area is 122 Å². The first-order chi connectivity index (χ1) is 9.53. The standard InChI is InChI=1S/C14H16ClFN2O2/c1-3-4-18-13(12(15)8-17)9-5-10(14(19)20-2)7-11(16)6-9/h5-8H,3-4,17H2,1-2H3. The molecule has 0 atom stereocenters. The Hall–Kier alpha value is -1.88. The van der Waals surface area contributed by atoms with Crippen LogP contribution < -0.4 is 5.73 Å². The van der Waals surface area contributed by atoms with E-state index in [4.69, 9.17) is 17.3 Å². The number of carbonyl (C=O) groups is 1. The third-order valence-electron chi connectivity index (χ3n) is 2.46. The minimum Gasteiger partial charge on any atom is -0.465 e. The first-order valence-electron chi connectivity index (χ1n) is 6.05. The van der Waals surface area contributed by atoms with Gasteiger partial charge in [-0.05, 0) is 24.6 Å². The van der Waals surface area contributed by atoms with Gasteiger partial charge in [0, 0.05) is 18.3 Å². The highest BCUT2D eigenvalue weighted by atomic mass is 35.5. The van der Waals surface area contributed by atoms with Crippen LogP contribution in [0.3, 0.4) is 0 Å². The summed E-state index contributed by atoms with van der Waals surface area (Å²) in [5, 5.41) is 0.194. The van der Waals surface area contributed by atoms with E-state index in [1.54, 1.807) is 0 Å². The first kappa shape index (κ1) is 16.2. The van der Waals surface area contributed by atoms with Crippen LogP contribution >= 0.6 is 11.6 Å². The molecule has 4 nitrogen and oxygen atoms in total. The van der Waals surface area contributed by atoms with Crippen molar-refractivity contribution < 1.29 is 13.9 Å². The van der Waals surface area contributed by atoms with Crippen molar-refractivity contribution in [2.45, 2.75) is 13.3 Å². The first-order valence-corrected chi connectivity index (χ1v) is 6.42. The fourth-order valence-electron chi connectivity index (χ4n) is 1.57. The van der Waals surface area contributed by atoms with Crippen LogP contribution in [-0.2, 0) is 4.74 Å². The molecule has 0 bridgehead atoms. The normalized spacial score (nSPS) is 12.4. The smallest absolute Gasteiger partial charge is 0.337 e. The van der Waals surface area contributed by atoms with Crippen LogP contribution in [0.4, 0.5) is 4.39 Å². The van der Waals surface area contributed by atoms with E-state index in [0.29, 0.717) is 17.8 Å². The Morgan fingerprint density at radius 1 is 1.45 bits per heavy atom. The molecular formula is C14H16ClFN2O2. The second-order valence-electron chi connectivity index (χ2n) is 3.97. The molecule has 0 spiro atoms. The van der Waals surface area contributed by atoms with E-state index in [-0.39, 0.29) is 10.6 Å². The van der Waals surface area contributed by atoms with Crippen molar-refractivity contribution in [2.75, 3.05) is 13.7 Å². The topological polar surface area (TPSA) is 64.7 Å². The number of benzene rings is 1. The van der Waals surface area contributed by atoms with Crippen LogP contribution in [0.1, 0.15) is 29.3 Å². The molecule has 20 heavy (non-hydrogen) atoms. The van der Waals surface area contributed by atoms with E-state index in [1.807, 2.05) is 6.92 Å². The van der Waals surface area contributed by atoms with Crippen LogP contribution in [0, 0.1) is 5.82 Å². The maximum Gasteiger partial charge on any atom is 0.337 e. The summed E-state index contributed by atoms with van der Waals surface area (Å²) in [6.07, 6.45) is 1.98. The highest BCUT2D eigenvalue weighted by Gasteiger charge is 2.14. The maximum atomic E-state index is 13.6. The molecule has 6 heteroatoms. The van der Waals surface area contributed by atoms with Gasteiger partial charge in [0.1, 0.15) is 5.82 Å². The lowest BCUT2D eigenvalue weighted by Crippen LogP contribution is -2.09. The summed E-state index contributed by atoms with van der Waals surface area (Å²) >= 11 is 5.99. The summed E-state index contributed by atoms with van der Waals surface area (Å²) < 4.78 is 18.2. The number of allylic oxidation sites excluding steroid dienone is 1. The average molecular weight is 299 g/mol. The SMILES string of the molecule is CCCN=C(C(Cl)=CN)c1cc(F)cc(C(=O)OC)c1. The van der Waals surface area contributed by atoms with Crippen molar-refractivity contribution in [3.05, 3.63) is 46.4 Å². The molecule has 0 saturated heterocycles. The lowest BCUT2D eigenvalue weighted by molar-refractivity contribution is 0.0600. The van der Waals surface area contributed by atoms with Gasteiger partial charge in [0.15, 0.2) is 0 Å². The van der Waals surface area contributed by atoms with Gasteiger partial charge in [-0.25, -0.2) is 9.18 Å². The van der Waals surface area contributed by atoms with Gasteiger partial charge in [0.2, 0.25) is 0 Å². The Kier molecular flexibility index (Phi) is 6.18. The predicted molar refractivity (Wildman–Crippen MR) is 77.6 cm³/mol. The molecule has 1 rings (SSSR count). The maximum absolute atomic E-state index is 13.6. The highest BCUT2D eigenvalue weighted by Crippen LogP contribution is 2.17. The average Bonchev–Trinajstić information content (AvgIpc) is 2.45. The van der Waals surface area contributed by atoms with Gasteiger partial charge < -0.3 is 10.5 Å². The van der Waals surface area contributed by atoms with Crippen LogP contribution in [0.2, 0.25) is 0 Å². The third-order valence-corrected chi connectivity index (χ3v) is 2.76. The number of carbonyl (C=O) groups excluding carboxylic acids is 1. The van der Waals surface area contributed by atoms with Gasteiger partial charge in [-0.15, -0.1) is 0 Å². The van der Waals surface area contributed by atoms with Crippen LogP contribution in [0.15, 0.2) is 34.4 Å². The van der Waals surface area contributed by atoms with E-state index in [2.05, 4.69) is 9.73 Å². The lowest BCUT2D eigenvalue weighted by atomic mass is 10.1. The fraction of sp³-hybridized carbons (Fsp3) is 0.286. The highest BCUT2D eigenvalue weighted by molar-refractivity contribution is 6.46. The molecule has 1 aromatic carbocycles. The van der Waals surface area contributed by atoms with E-state index in [0.717, 1.165) is 12.5 Å². The number of aliphatic imine (C=N–C) groups is 1. The van der Waals surface area contributed by atoms with Gasteiger partial charge >= 0.3 is 5.97 Å². The largest absolute Gasteiger partial charge is 0.465 e. The number of nitrogens with two attached hydrogens (primary N) is 1. The molecule has 0 aliphatic rings. The Balaban J connectivity index is 3.33. The van der Waals surface area contributed by atoms with Gasteiger partial charge in [-0.3, -0.25) is 4.99 Å². The third kappa shape index (κ3) is 4.06. The van der Waals surface area contributed by atoms with Gasteiger partial charge in [0.25, 0.3) is 0 Å².